The predicted molar refractivity (Wildman–Crippen MR) is 61.3 cm³/mol. The van der Waals surface area contributed by atoms with Gasteiger partial charge >= 0.3 is 5.97 Å². The van der Waals surface area contributed by atoms with Crippen LogP contribution < -0.4 is 0 Å². The van der Waals surface area contributed by atoms with Crippen molar-refractivity contribution >= 4 is 23.6 Å². The molecule has 0 radical (unpaired) electrons. The molecule has 2 heterocycles. The zero-order chi connectivity index (χ0) is 12.4. The fourth-order valence-corrected chi connectivity index (χ4v) is 2.67. The van der Waals surface area contributed by atoms with Crippen molar-refractivity contribution < 1.29 is 19.2 Å². The molecule has 1 aromatic rings. The summed E-state index contributed by atoms with van der Waals surface area (Å²) in [6.45, 7) is 2.61. The molecule has 0 saturated carbocycles. The molecule has 6 nitrogen and oxygen atoms in total. The van der Waals surface area contributed by atoms with Gasteiger partial charge in [-0.15, -0.1) is 0 Å². The highest BCUT2D eigenvalue weighted by atomic mass is 32.2. The van der Waals surface area contributed by atoms with Crippen LogP contribution in [0.5, 0.6) is 0 Å². The number of thioether (sulfide) groups is 1. The van der Waals surface area contributed by atoms with E-state index in [0.717, 1.165) is 11.5 Å². The second-order valence-electron chi connectivity index (χ2n) is 3.80. The summed E-state index contributed by atoms with van der Waals surface area (Å²) < 4.78 is 4.57. The number of carboxylic acids is 1. The normalized spacial score (nSPS) is 20.3. The third-order valence-corrected chi connectivity index (χ3v) is 3.76. The van der Waals surface area contributed by atoms with Crippen molar-refractivity contribution in [3.63, 3.8) is 0 Å². The van der Waals surface area contributed by atoms with Crippen molar-refractivity contribution in [3.05, 3.63) is 17.5 Å². The highest BCUT2D eigenvalue weighted by Gasteiger charge is 2.27. The van der Waals surface area contributed by atoms with Crippen LogP contribution in [0.1, 0.15) is 28.0 Å². The number of carbonyl (C=O) groups excluding carboxylic acids is 1. The number of amides is 1. The highest BCUT2D eigenvalue weighted by molar-refractivity contribution is 7.99. The largest absolute Gasteiger partial charge is 0.475 e. The van der Waals surface area contributed by atoms with Gasteiger partial charge in [0, 0.05) is 30.2 Å². The second kappa shape index (κ2) is 4.79. The summed E-state index contributed by atoms with van der Waals surface area (Å²) >= 11 is 1.80. The Labute approximate surface area is 102 Å². The standard InChI is InChI=1S/C10H12N2O4S/c1-6-5-17-3-2-12(6)9(13)7-4-8(10(14)15)16-11-7/h4,6H,2-3,5H2,1H3,(H,14,15). The molecule has 17 heavy (non-hydrogen) atoms. The Bertz CT molecular complexity index is 445. The van der Waals surface area contributed by atoms with Gasteiger partial charge in [0.25, 0.3) is 5.91 Å². The lowest BCUT2D eigenvalue weighted by Gasteiger charge is -2.32. The lowest BCUT2D eigenvalue weighted by Crippen LogP contribution is -2.44. The Kier molecular flexibility index (Phi) is 3.37. The summed E-state index contributed by atoms with van der Waals surface area (Å²) in [5, 5.41) is 12.2. The third-order valence-electron chi connectivity index (χ3n) is 2.57. The van der Waals surface area contributed by atoms with Gasteiger partial charge in [-0.25, -0.2) is 4.79 Å². The van der Waals surface area contributed by atoms with Gasteiger partial charge in [0.05, 0.1) is 0 Å². The van der Waals surface area contributed by atoms with Crippen molar-refractivity contribution in [1.29, 1.82) is 0 Å². The first-order chi connectivity index (χ1) is 8.09. The lowest BCUT2D eigenvalue weighted by atomic mass is 10.2. The summed E-state index contributed by atoms with van der Waals surface area (Å²) in [6.07, 6.45) is 0. The molecule has 1 N–H and O–H groups in total. The van der Waals surface area contributed by atoms with Crippen LogP contribution in [0.2, 0.25) is 0 Å². The number of nitrogens with zero attached hydrogens (tertiary/aromatic N) is 2. The molecule has 0 spiro atoms. The molecule has 1 unspecified atom stereocenters. The van der Waals surface area contributed by atoms with Crippen LogP contribution in [0.3, 0.4) is 0 Å². The van der Waals surface area contributed by atoms with Gasteiger partial charge in [-0.05, 0) is 6.92 Å². The van der Waals surface area contributed by atoms with Crippen LogP contribution in [0.15, 0.2) is 10.6 Å². The van der Waals surface area contributed by atoms with Crippen molar-refractivity contribution in [1.82, 2.24) is 10.1 Å². The monoisotopic (exact) mass is 256 g/mol. The number of hydrogen-bond acceptors (Lipinski definition) is 5. The molecule has 1 aromatic heterocycles. The molecule has 1 amide bonds. The van der Waals surface area contributed by atoms with E-state index in [1.807, 2.05) is 6.92 Å². The van der Waals surface area contributed by atoms with E-state index < -0.39 is 5.97 Å². The minimum atomic E-state index is -1.22. The van der Waals surface area contributed by atoms with Crippen molar-refractivity contribution in [2.45, 2.75) is 13.0 Å². The number of carboxylic acid groups (broad SMARTS) is 1. The summed E-state index contributed by atoms with van der Waals surface area (Å²) in [5.41, 5.74) is 0.0566. The number of rotatable bonds is 2. The van der Waals surface area contributed by atoms with Crippen molar-refractivity contribution in [2.24, 2.45) is 0 Å². The van der Waals surface area contributed by atoms with E-state index in [-0.39, 0.29) is 23.4 Å². The molecule has 0 aromatic carbocycles. The average molecular weight is 256 g/mol. The van der Waals surface area contributed by atoms with E-state index in [9.17, 15) is 9.59 Å². The Balaban J connectivity index is 2.15. The zero-order valence-electron chi connectivity index (χ0n) is 9.25. The second-order valence-corrected chi connectivity index (χ2v) is 4.95. The summed E-state index contributed by atoms with van der Waals surface area (Å²) in [5.74, 6) is -0.0324. The fraction of sp³-hybridized carbons (Fsp3) is 0.500. The van der Waals surface area contributed by atoms with Gasteiger partial charge in [0.15, 0.2) is 5.69 Å². The van der Waals surface area contributed by atoms with Crippen LogP contribution in [-0.2, 0) is 0 Å². The van der Waals surface area contributed by atoms with Gasteiger partial charge in [-0.2, -0.15) is 11.8 Å². The number of aromatic carboxylic acids is 1. The van der Waals surface area contributed by atoms with Crippen LogP contribution in [0.25, 0.3) is 0 Å². The third kappa shape index (κ3) is 2.44. The number of hydrogen-bond donors (Lipinski definition) is 1. The first kappa shape index (κ1) is 12.0. The molecule has 1 saturated heterocycles. The molecule has 1 fully saturated rings. The summed E-state index contributed by atoms with van der Waals surface area (Å²) in [4.78, 5) is 24.4. The molecule has 1 aliphatic heterocycles. The summed E-state index contributed by atoms with van der Waals surface area (Å²) in [7, 11) is 0. The molecule has 7 heteroatoms. The molecule has 92 valence electrons. The topological polar surface area (TPSA) is 83.6 Å². The number of aromatic nitrogens is 1. The van der Waals surface area contributed by atoms with E-state index >= 15 is 0 Å². The van der Waals surface area contributed by atoms with Gasteiger partial charge in [-0.1, -0.05) is 5.16 Å². The highest BCUT2D eigenvalue weighted by Crippen LogP contribution is 2.18. The molecular weight excluding hydrogens is 244 g/mol. The molecule has 1 atom stereocenters. The summed E-state index contributed by atoms with van der Waals surface area (Å²) in [6, 6.07) is 1.30. The van der Waals surface area contributed by atoms with Gasteiger partial charge in [-0.3, -0.25) is 4.79 Å². The maximum Gasteiger partial charge on any atom is 0.374 e. The average Bonchev–Trinajstić information content (AvgIpc) is 2.78. The van der Waals surface area contributed by atoms with Crippen LogP contribution >= 0.6 is 11.8 Å². The van der Waals surface area contributed by atoms with Gasteiger partial charge < -0.3 is 14.5 Å². The first-order valence-corrected chi connectivity index (χ1v) is 6.34. The maximum absolute atomic E-state index is 12.0. The van der Waals surface area contributed by atoms with E-state index in [0.29, 0.717) is 6.54 Å². The van der Waals surface area contributed by atoms with Crippen molar-refractivity contribution in [3.8, 4) is 0 Å². The molecular formula is C10H12N2O4S. The Hall–Kier alpha value is -1.50. The molecule has 0 aliphatic carbocycles. The minimum absolute atomic E-state index is 0.0566. The Morgan fingerprint density at radius 2 is 2.41 bits per heavy atom. The lowest BCUT2D eigenvalue weighted by molar-refractivity contribution is 0.0646. The van der Waals surface area contributed by atoms with Gasteiger partial charge in [0.2, 0.25) is 5.76 Å². The molecule has 0 bridgehead atoms. The van der Waals surface area contributed by atoms with Crippen LogP contribution in [0, 0.1) is 0 Å². The maximum atomic E-state index is 12.0. The van der Waals surface area contributed by atoms with Crippen LogP contribution in [-0.4, -0.2) is 51.1 Å². The predicted octanol–water partition coefficient (Wildman–Crippen LogP) is 0.950. The Morgan fingerprint density at radius 1 is 1.65 bits per heavy atom. The molecule has 2 rings (SSSR count). The minimum Gasteiger partial charge on any atom is -0.475 e. The van der Waals surface area contributed by atoms with E-state index in [1.54, 1.807) is 16.7 Å². The quantitative estimate of drug-likeness (QED) is 0.848. The van der Waals surface area contributed by atoms with Crippen molar-refractivity contribution in [2.75, 3.05) is 18.1 Å². The molecule has 1 aliphatic rings. The van der Waals surface area contributed by atoms with E-state index in [4.69, 9.17) is 5.11 Å². The first-order valence-electron chi connectivity index (χ1n) is 5.18. The Morgan fingerprint density at radius 3 is 3.00 bits per heavy atom. The smallest absolute Gasteiger partial charge is 0.374 e. The number of carbonyl (C=O) groups is 2. The fourth-order valence-electron chi connectivity index (χ4n) is 1.65. The van der Waals surface area contributed by atoms with Gasteiger partial charge in [0.1, 0.15) is 0 Å². The van der Waals surface area contributed by atoms with E-state index in [1.165, 1.54) is 6.07 Å². The SMILES string of the molecule is CC1CSCCN1C(=O)c1cc(C(=O)O)on1. The van der Waals surface area contributed by atoms with Crippen LogP contribution in [0.4, 0.5) is 0 Å². The van der Waals surface area contributed by atoms with E-state index in [2.05, 4.69) is 9.68 Å². The zero-order valence-corrected chi connectivity index (χ0v) is 10.1.